The molecule has 0 fully saturated rings. The van der Waals surface area contributed by atoms with Gasteiger partial charge in [0, 0.05) is 12.0 Å². The van der Waals surface area contributed by atoms with Crippen LogP contribution in [0.4, 0.5) is 0 Å². The van der Waals surface area contributed by atoms with Crippen LogP contribution in [0.15, 0.2) is 24.3 Å². The summed E-state index contributed by atoms with van der Waals surface area (Å²) in [6.45, 7) is 9.08. The number of ether oxygens (including phenoxy) is 1. The maximum Gasteiger partial charge on any atom is 0.119 e. The normalized spacial score (nSPS) is 15.1. The van der Waals surface area contributed by atoms with E-state index < -0.39 is 5.60 Å². The highest BCUT2D eigenvalue weighted by Gasteiger charge is 2.21. The molecule has 0 bridgehead atoms. The third-order valence-electron chi connectivity index (χ3n) is 3.04. The zero-order valence-electron chi connectivity index (χ0n) is 12.8. The number of aliphatic hydroxyl groups is 1. The first kappa shape index (κ1) is 16.0. The lowest BCUT2D eigenvalue weighted by atomic mass is 9.92. The number of benzene rings is 1. The summed E-state index contributed by atoms with van der Waals surface area (Å²) < 4.78 is 5.20. The topological polar surface area (TPSA) is 41.5 Å². The molecule has 0 saturated carbocycles. The van der Waals surface area contributed by atoms with Gasteiger partial charge >= 0.3 is 0 Å². The summed E-state index contributed by atoms with van der Waals surface area (Å²) in [4.78, 5) is 0. The molecule has 0 heterocycles. The largest absolute Gasteiger partial charge is 0.497 e. The Labute approximate surface area is 117 Å². The van der Waals surface area contributed by atoms with Gasteiger partial charge in [0.15, 0.2) is 0 Å². The molecular weight excluding hydrogens is 238 g/mol. The lowest BCUT2D eigenvalue weighted by Crippen LogP contribution is -2.40. The first-order valence-corrected chi connectivity index (χ1v) is 6.82. The van der Waals surface area contributed by atoms with Crippen molar-refractivity contribution >= 4 is 0 Å². The van der Waals surface area contributed by atoms with Crippen LogP contribution in [-0.2, 0) is 6.42 Å². The molecule has 0 aliphatic rings. The van der Waals surface area contributed by atoms with Gasteiger partial charge in [-0.25, -0.2) is 0 Å². The molecule has 0 amide bonds. The van der Waals surface area contributed by atoms with Crippen LogP contribution >= 0.6 is 0 Å². The predicted octanol–water partition coefficient (Wildman–Crippen LogP) is 2.77. The second-order valence-corrected chi connectivity index (χ2v) is 6.45. The van der Waals surface area contributed by atoms with Crippen LogP contribution in [0.5, 0.6) is 5.75 Å². The van der Waals surface area contributed by atoms with Gasteiger partial charge in [-0.05, 0) is 58.4 Å². The van der Waals surface area contributed by atoms with Crippen LogP contribution in [0.3, 0.4) is 0 Å². The maximum absolute atomic E-state index is 10.4. The minimum Gasteiger partial charge on any atom is -0.497 e. The molecule has 0 spiro atoms. The van der Waals surface area contributed by atoms with E-state index in [0.717, 1.165) is 24.3 Å². The van der Waals surface area contributed by atoms with Gasteiger partial charge in [0.2, 0.25) is 0 Å². The quantitative estimate of drug-likeness (QED) is 0.831. The number of hydrogen-bond donors (Lipinski definition) is 2. The van der Waals surface area contributed by atoms with Gasteiger partial charge in [0.25, 0.3) is 0 Å². The molecule has 0 aliphatic carbocycles. The Balaban J connectivity index is 2.53. The second kappa shape index (κ2) is 6.40. The highest BCUT2D eigenvalue weighted by atomic mass is 16.5. The van der Waals surface area contributed by atoms with Crippen molar-refractivity contribution in [1.29, 1.82) is 0 Å². The van der Waals surface area contributed by atoms with Crippen molar-refractivity contribution in [3.63, 3.8) is 0 Å². The minimum atomic E-state index is -0.704. The van der Waals surface area contributed by atoms with Crippen LogP contribution in [0.1, 0.15) is 39.7 Å². The molecular formula is C16H27NO2. The third-order valence-corrected chi connectivity index (χ3v) is 3.04. The summed E-state index contributed by atoms with van der Waals surface area (Å²) in [5.41, 5.74) is 0.483. The average Bonchev–Trinajstić information content (AvgIpc) is 2.26. The van der Waals surface area contributed by atoms with Gasteiger partial charge < -0.3 is 15.2 Å². The highest BCUT2D eigenvalue weighted by Crippen LogP contribution is 2.20. The van der Waals surface area contributed by atoms with Gasteiger partial charge in [0.05, 0.1) is 12.7 Å². The van der Waals surface area contributed by atoms with E-state index in [2.05, 4.69) is 26.1 Å². The SMILES string of the molecule is COc1cccc(CC(C)(O)CCNC(C)(C)C)c1. The van der Waals surface area contributed by atoms with Crippen LogP contribution in [0, 0.1) is 0 Å². The van der Waals surface area contributed by atoms with Crippen LogP contribution in [0.2, 0.25) is 0 Å². The van der Waals surface area contributed by atoms with Crippen molar-refractivity contribution in [2.24, 2.45) is 0 Å². The Kier molecular flexibility index (Phi) is 5.39. The predicted molar refractivity (Wildman–Crippen MR) is 79.7 cm³/mol. The Morgan fingerprint density at radius 2 is 1.89 bits per heavy atom. The van der Waals surface area contributed by atoms with Crippen molar-refractivity contribution in [3.8, 4) is 5.75 Å². The Morgan fingerprint density at radius 1 is 1.21 bits per heavy atom. The molecule has 0 aliphatic heterocycles. The molecule has 108 valence electrons. The minimum absolute atomic E-state index is 0.0893. The first-order valence-electron chi connectivity index (χ1n) is 6.82. The first-order chi connectivity index (χ1) is 8.72. The molecule has 1 atom stereocenters. The van der Waals surface area contributed by atoms with Gasteiger partial charge in [-0.15, -0.1) is 0 Å². The summed E-state index contributed by atoms with van der Waals surface area (Å²) in [7, 11) is 1.66. The van der Waals surface area contributed by atoms with Crippen molar-refractivity contribution in [3.05, 3.63) is 29.8 Å². The van der Waals surface area contributed by atoms with Gasteiger partial charge in [-0.2, -0.15) is 0 Å². The molecule has 1 unspecified atom stereocenters. The van der Waals surface area contributed by atoms with E-state index in [1.165, 1.54) is 0 Å². The van der Waals surface area contributed by atoms with E-state index in [-0.39, 0.29) is 5.54 Å². The molecule has 0 saturated heterocycles. The molecule has 3 heteroatoms. The molecule has 1 aromatic carbocycles. The van der Waals surface area contributed by atoms with E-state index in [1.807, 2.05) is 31.2 Å². The standard InChI is InChI=1S/C16H27NO2/c1-15(2,3)17-10-9-16(4,18)12-13-7-6-8-14(11-13)19-5/h6-8,11,17-18H,9-10,12H2,1-5H3. The highest BCUT2D eigenvalue weighted by molar-refractivity contribution is 5.29. The number of nitrogens with one attached hydrogen (secondary N) is 1. The van der Waals surface area contributed by atoms with E-state index in [1.54, 1.807) is 7.11 Å². The lowest BCUT2D eigenvalue weighted by Gasteiger charge is -2.27. The fraction of sp³-hybridized carbons (Fsp3) is 0.625. The Bertz CT molecular complexity index is 394. The van der Waals surface area contributed by atoms with Crippen LogP contribution < -0.4 is 10.1 Å². The summed E-state index contributed by atoms with van der Waals surface area (Å²) in [6.07, 6.45) is 1.36. The van der Waals surface area contributed by atoms with E-state index >= 15 is 0 Å². The summed E-state index contributed by atoms with van der Waals surface area (Å²) >= 11 is 0. The molecule has 1 aromatic rings. The van der Waals surface area contributed by atoms with Crippen molar-refractivity contribution < 1.29 is 9.84 Å². The summed E-state index contributed by atoms with van der Waals surface area (Å²) in [5, 5.41) is 13.8. The second-order valence-electron chi connectivity index (χ2n) is 6.45. The molecule has 19 heavy (non-hydrogen) atoms. The number of methoxy groups -OCH3 is 1. The fourth-order valence-electron chi connectivity index (χ4n) is 2.02. The molecule has 1 rings (SSSR count). The lowest BCUT2D eigenvalue weighted by molar-refractivity contribution is 0.0499. The van der Waals surface area contributed by atoms with Crippen LogP contribution in [0.25, 0.3) is 0 Å². The summed E-state index contributed by atoms with van der Waals surface area (Å²) in [5.74, 6) is 0.834. The Morgan fingerprint density at radius 3 is 2.47 bits per heavy atom. The van der Waals surface area contributed by atoms with Gasteiger partial charge in [-0.3, -0.25) is 0 Å². The van der Waals surface area contributed by atoms with Crippen LogP contribution in [-0.4, -0.2) is 29.9 Å². The Hall–Kier alpha value is -1.06. The zero-order chi connectivity index (χ0) is 14.5. The third kappa shape index (κ3) is 6.60. The summed E-state index contributed by atoms with van der Waals surface area (Å²) in [6, 6.07) is 7.87. The van der Waals surface area contributed by atoms with Crippen molar-refractivity contribution in [1.82, 2.24) is 5.32 Å². The monoisotopic (exact) mass is 265 g/mol. The average molecular weight is 265 g/mol. The van der Waals surface area contributed by atoms with E-state index in [0.29, 0.717) is 6.42 Å². The van der Waals surface area contributed by atoms with Gasteiger partial charge in [-0.1, -0.05) is 12.1 Å². The number of hydrogen-bond acceptors (Lipinski definition) is 3. The van der Waals surface area contributed by atoms with Crippen molar-refractivity contribution in [2.45, 2.75) is 51.7 Å². The smallest absolute Gasteiger partial charge is 0.119 e. The van der Waals surface area contributed by atoms with Crippen molar-refractivity contribution in [2.75, 3.05) is 13.7 Å². The number of rotatable bonds is 6. The fourth-order valence-corrected chi connectivity index (χ4v) is 2.02. The molecule has 2 N–H and O–H groups in total. The van der Waals surface area contributed by atoms with E-state index in [9.17, 15) is 5.11 Å². The molecule has 3 nitrogen and oxygen atoms in total. The molecule has 0 aromatic heterocycles. The maximum atomic E-state index is 10.4. The van der Waals surface area contributed by atoms with E-state index in [4.69, 9.17) is 4.74 Å². The molecule has 0 radical (unpaired) electrons. The zero-order valence-corrected chi connectivity index (χ0v) is 12.8. The van der Waals surface area contributed by atoms with Gasteiger partial charge in [0.1, 0.15) is 5.75 Å².